The number of carbonyl (C=O) groups is 1. The number of aryl methyl sites for hydroxylation is 3. The Morgan fingerprint density at radius 3 is 2.56 bits per heavy atom. The fourth-order valence-electron chi connectivity index (χ4n) is 5.07. The van der Waals surface area contributed by atoms with Crippen LogP contribution < -0.4 is 21.1 Å². The van der Waals surface area contributed by atoms with Gasteiger partial charge in [-0.25, -0.2) is 0 Å². The van der Waals surface area contributed by atoms with Gasteiger partial charge in [-0.15, -0.1) is 21.5 Å². The first kappa shape index (κ1) is 26.6. The number of amides is 1. The second-order valence-electron chi connectivity index (χ2n) is 9.83. The lowest BCUT2D eigenvalue weighted by atomic mass is 9.99. The van der Waals surface area contributed by atoms with Crippen LogP contribution in [-0.2, 0) is 19.9 Å². The highest BCUT2D eigenvalue weighted by atomic mass is 32.1. The molecule has 2 N–H and O–H groups in total. The summed E-state index contributed by atoms with van der Waals surface area (Å²) in [4.78, 5) is 30.3. The smallest absolute Gasteiger partial charge is 0.274 e. The van der Waals surface area contributed by atoms with Gasteiger partial charge in [-0.1, -0.05) is 12.1 Å². The summed E-state index contributed by atoms with van der Waals surface area (Å²) in [6.07, 6.45) is 6.32. The zero-order valence-electron chi connectivity index (χ0n) is 22.9. The van der Waals surface area contributed by atoms with E-state index in [9.17, 15) is 9.59 Å². The maximum atomic E-state index is 13.1. The second kappa shape index (κ2) is 11.4. The normalized spacial score (nSPS) is 12.6. The lowest BCUT2D eigenvalue weighted by Gasteiger charge is -2.19. The number of carbonyl (C=O) groups excluding carboxylic acids is 1. The number of aromatic nitrogens is 3. The molecule has 0 unspecified atom stereocenters. The molecule has 8 nitrogen and oxygen atoms in total. The molecule has 0 aliphatic heterocycles. The van der Waals surface area contributed by atoms with Crippen LogP contribution in [0.4, 0.5) is 23.0 Å². The molecule has 3 heterocycles. The Bertz CT molecular complexity index is 1530. The van der Waals surface area contributed by atoms with Crippen molar-refractivity contribution >= 4 is 40.3 Å². The van der Waals surface area contributed by atoms with Crippen LogP contribution in [0.15, 0.2) is 53.5 Å². The van der Waals surface area contributed by atoms with E-state index in [4.69, 9.17) is 0 Å². The van der Waals surface area contributed by atoms with Crippen molar-refractivity contribution in [3.63, 3.8) is 0 Å². The molecule has 39 heavy (non-hydrogen) atoms. The van der Waals surface area contributed by atoms with Gasteiger partial charge < -0.3 is 20.1 Å². The fourth-order valence-corrected chi connectivity index (χ4v) is 6.21. The van der Waals surface area contributed by atoms with Gasteiger partial charge in [-0.3, -0.25) is 9.59 Å². The van der Waals surface area contributed by atoms with Gasteiger partial charge in [0.1, 0.15) is 5.69 Å². The standard InChI is InChI=1S/C30H34N6O2S/c1-5-36(6-2)28-15-14-27(33-34-28)31-24-16-21(18-35(4)30(24)38)22-11-9-12-23(19(22)3)32-29(37)26-17-20-10-7-8-13-25(20)39-26/h9,11-12,14-18H,5-8,10,13H2,1-4H3,(H,31,33)(H,32,37). The van der Waals surface area contributed by atoms with Crippen LogP contribution in [0.3, 0.4) is 0 Å². The summed E-state index contributed by atoms with van der Waals surface area (Å²) in [5.41, 5.74) is 5.02. The number of benzene rings is 1. The minimum Gasteiger partial charge on any atom is -0.356 e. The van der Waals surface area contributed by atoms with E-state index < -0.39 is 0 Å². The van der Waals surface area contributed by atoms with Crippen molar-refractivity contribution in [2.45, 2.75) is 46.5 Å². The summed E-state index contributed by atoms with van der Waals surface area (Å²) in [6, 6.07) is 13.4. The van der Waals surface area contributed by atoms with Crippen molar-refractivity contribution in [3.05, 3.63) is 79.9 Å². The third kappa shape index (κ3) is 5.59. The Labute approximate surface area is 232 Å². The lowest BCUT2D eigenvalue weighted by Crippen LogP contribution is -2.23. The fraction of sp³-hybridized carbons (Fsp3) is 0.333. The molecular weight excluding hydrogens is 508 g/mol. The molecule has 0 saturated carbocycles. The zero-order chi connectivity index (χ0) is 27.5. The average molecular weight is 543 g/mol. The van der Waals surface area contributed by atoms with Crippen molar-refractivity contribution in [1.29, 1.82) is 0 Å². The van der Waals surface area contributed by atoms with Crippen LogP contribution in [0.2, 0.25) is 0 Å². The number of rotatable bonds is 8. The van der Waals surface area contributed by atoms with Gasteiger partial charge in [0, 0.05) is 42.5 Å². The van der Waals surface area contributed by atoms with Crippen molar-refractivity contribution in [3.8, 4) is 11.1 Å². The Hall–Kier alpha value is -3.98. The molecular formula is C30H34N6O2S. The molecule has 1 aromatic carbocycles. The molecule has 9 heteroatoms. The van der Waals surface area contributed by atoms with Crippen molar-refractivity contribution in [2.75, 3.05) is 28.6 Å². The Morgan fingerprint density at radius 2 is 1.85 bits per heavy atom. The number of pyridine rings is 1. The molecule has 0 spiro atoms. The number of nitrogens with zero attached hydrogens (tertiary/aromatic N) is 4. The molecule has 0 saturated heterocycles. The van der Waals surface area contributed by atoms with Crippen molar-refractivity contribution < 1.29 is 4.79 Å². The molecule has 1 aliphatic carbocycles. The Balaban J connectivity index is 1.40. The molecule has 0 bridgehead atoms. The van der Waals surface area contributed by atoms with E-state index in [1.807, 2.05) is 49.5 Å². The van der Waals surface area contributed by atoms with Gasteiger partial charge >= 0.3 is 0 Å². The number of fused-ring (bicyclic) bond motifs is 1. The second-order valence-corrected chi connectivity index (χ2v) is 11.0. The predicted octanol–water partition coefficient (Wildman–Crippen LogP) is 5.93. The summed E-state index contributed by atoms with van der Waals surface area (Å²) >= 11 is 1.61. The van der Waals surface area contributed by atoms with Crippen LogP contribution in [-0.4, -0.2) is 33.8 Å². The zero-order valence-corrected chi connectivity index (χ0v) is 23.7. The summed E-state index contributed by atoms with van der Waals surface area (Å²) in [5, 5.41) is 14.9. The van der Waals surface area contributed by atoms with Gasteiger partial charge in [-0.05, 0) is 93.5 Å². The van der Waals surface area contributed by atoms with Gasteiger partial charge in [0.25, 0.3) is 11.5 Å². The van der Waals surface area contributed by atoms with E-state index in [-0.39, 0.29) is 11.5 Å². The maximum absolute atomic E-state index is 13.1. The average Bonchev–Trinajstić information content (AvgIpc) is 3.39. The first-order valence-electron chi connectivity index (χ1n) is 13.5. The van der Waals surface area contributed by atoms with E-state index in [1.54, 1.807) is 23.0 Å². The highest BCUT2D eigenvalue weighted by molar-refractivity contribution is 7.14. The van der Waals surface area contributed by atoms with E-state index in [2.05, 4.69) is 45.6 Å². The topological polar surface area (TPSA) is 92.2 Å². The number of nitrogens with one attached hydrogen (secondary N) is 2. The molecule has 4 aromatic rings. The van der Waals surface area contributed by atoms with E-state index in [1.165, 1.54) is 23.3 Å². The first-order chi connectivity index (χ1) is 18.9. The first-order valence-corrected chi connectivity index (χ1v) is 14.3. The third-order valence-electron chi connectivity index (χ3n) is 7.30. The van der Waals surface area contributed by atoms with Crippen molar-refractivity contribution in [1.82, 2.24) is 14.8 Å². The molecule has 1 aliphatic rings. The van der Waals surface area contributed by atoms with Crippen LogP contribution in [0.5, 0.6) is 0 Å². The number of hydrogen-bond donors (Lipinski definition) is 2. The van der Waals surface area contributed by atoms with E-state index >= 15 is 0 Å². The summed E-state index contributed by atoms with van der Waals surface area (Å²) in [6.45, 7) is 7.82. The minimum atomic E-state index is -0.169. The van der Waals surface area contributed by atoms with Gasteiger partial charge in [0.15, 0.2) is 11.6 Å². The van der Waals surface area contributed by atoms with Gasteiger partial charge in [0.05, 0.1) is 4.88 Å². The van der Waals surface area contributed by atoms with E-state index in [0.29, 0.717) is 11.5 Å². The number of anilines is 4. The molecule has 3 aromatic heterocycles. The minimum absolute atomic E-state index is 0.0794. The van der Waals surface area contributed by atoms with Crippen LogP contribution in [0.25, 0.3) is 11.1 Å². The molecule has 0 fully saturated rings. The van der Waals surface area contributed by atoms with Gasteiger partial charge in [-0.2, -0.15) is 0 Å². The monoisotopic (exact) mass is 542 g/mol. The highest BCUT2D eigenvalue weighted by Crippen LogP contribution is 2.32. The Morgan fingerprint density at radius 1 is 1.05 bits per heavy atom. The maximum Gasteiger partial charge on any atom is 0.274 e. The lowest BCUT2D eigenvalue weighted by molar-refractivity contribution is 0.103. The summed E-state index contributed by atoms with van der Waals surface area (Å²) < 4.78 is 1.55. The molecule has 0 radical (unpaired) electrons. The third-order valence-corrected chi connectivity index (χ3v) is 8.53. The molecule has 1 amide bonds. The van der Waals surface area contributed by atoms with Crippen LogP contribution in [0.1, 0.15) is 52.4 Å². The predicted molar refractivity (Wildman–Crippen MR) is 160 cm³/mol. The Kier molecular flexibility index (Phi) is 7.79. The van der Waals surface area contributed by atoms with Crippen LogP contribution >= 0.6 is 11.3 Å². The van der Waals surface area contributed by atoms with E-state index in [0.717, 1.165) is 59.0 Å². The number of thiophene rings is 1. The van der Waals surface area contributed by atoms with Crippen molar-refractivity contribution in [2.24, 2.45) is 7.05 Å². The quantitative estimate of drug-likeness (QED) is 0.287. The molecule has 202 valence electrons. The van der Waals surface area contributed by atoms with Crippen LogP contribution in [0, 0.1) is 6.92 Å². The van der Waals surface area contributed by atoms with Gasteiger partial charge in [0.2, 0.25) is 0 Å². The summed E-state index contributed by atoms with van der Waals surface area (Å²) in [5.74, 6) is 1.21. The molecule has 5 rings (SSSR count). The molecule has 0 atom stereocenters. The SMILES string of the molecule is CCN(CC)c1ccc(Nc2cc(-c3cccc(NC(=O)c4cc5c(s4)CCCC5)c3C)cn(C)c2=O)nn1. The highest BCUT2D eigenvalue weighted by Gasteiger charge is 2.19. The summed E-state index contributed by atoms with van der Waals surface area (Å²) in [7, 11) is 1.73. The number of hydrogen-bond acceptors (Lipinski definition) is 7. The largest absolute Gasteiger partial charge is 0.356 e.